The Kier molecular flexibility index (Phi) is 1.63. The van der Waals surface area contributed by atoms with Crippen molar-refractivity contribution in [3.05, 3.63) is 15.7 Å². The Balaban J connectivity index is 2.76. The molecule has 7 heavy (non-hydrogen) atoms. The number of aliphatic hydroxyl groups is 1. The second-order valence-electron chi connectivity index (χ2n) is 1.08. The zero-order valence-electron chi connectivity index (χ0n) is 3.66. The first-order chi connectivity index (χ1) is 3.43. The number of aromatic nitrogens is 1. The van der Waals surface area contributed by atoms with Crippen molar-refractivity contribution in [3.63, 3.8) is 0 Å². The second-order valence-corrected chi connectivity index (χ2v) is 3.14. The van der Waals surface area contributed by atoms with Gasteiger partial charge in [-0.15, -0.1) is 0 Å². The first-order valence-electron chi connectivity index (χ1n) is 1.92. The fraction of sp³-hybridized carbons (Fsp3) is 0.250. The van der Waals surface area contributed by atoms with E-state index in [1.54, 1.807) is 6.20 Å². The van der Waals surface area contributed by atoms with Gasteiger partial charge in [-0.05, 0) is 0 Å². The molecule has 0 aromatic carbocycles. The minimum absolute atomic E-state index is 0.132. The molecule has 0 aliphatic heterocycles. The van der Waals surface area contributed by atoms with E-state index in [2.05, 4.69) is 4.98 Å². The van der Waals surface area contributed by atoms with Gasteiger partial charge in [-0.2, -0.15) is 0 Å². The molecule has 0 radical (unpaired) electrons. The van der Waals surface area contributed by atoms with Crippen LogP contribution in [0.15, 0.2) is 11.1 Å². The van der Waals surface area contributed by atoms with Gasteiger partial charge in [0.25, 0.3) is 0 Å². The molecule has 2 nitrogen and oxygen atoms in total. The van der Waals surface area contributed by atoms with Gasteiger partial charge in [0.1, 0.15) is 0 Å². The molecule has 0 saturated carbocycles. The van der Waals surface area contributed by atoms with Crippen LogP contribution in [0.3, 0.4) is 0 Å². The summed E-state index contributed by atoms with van der Waals surface area (Å²) in [5, 5.41) is 8.41. The van der Waals surface area contributed by atoms with E-state index in [4.69, 9.17) is 5.11 Å². The molecule has 0 bridgehead atoms. The Morgan fingerprint density at radius 1 is 1.86 bits per heavy atom. The Labute approximate surface area is 47.6 Å². The molecule has 38 valence electrons. The predicted molar refractivity (Wildman–Crippen MR) is 27.1 cm³/mol. The molecule has 0 aliphatic carbocycles. The molecule has 1 rings (SSSR count). The molecule has 0 atom stereocenters. The van der Waals surface area contributed by atoms with Crippen LogP contribution in [0.25, 0.3) is 0 Å². The van der Waals surface area contributed by atoms with Crippen LogP contribution in [-0.2, 0) is 6.61 Å². The normalized spacial score (nSPS) is 9.29. The van der Waals surface area contributed by atoms with Crippen LogP contribution in [0, 0.1) is 0 Å². The Morgan fingerprint density at radius 2 is 2.71 bits per heavy atom. The molecular formula is C4H5NOSe. The van der Waals surface area contributed by atoms with Crippen LogP contribution in [-0.4, -0.2) is 24.6 Å². The summed E-state index contributed by atoms with van der Waals surface area (Å²) >= 11 is 0.356. The van der Waals surface area contributed by atoms with E-state index in [1.807, 2.05) is 4.94 Å². The van der Waals surface area contributed by atoms with E-state index >= 15 is 0 Å². The third kappa shape index (κ3) is 1.13. The molecular weight excluding hydrogens is 157 g/mol. The van der Waals surface area contributed by atoms with E-state index in [0.29, 0.717) is 14.5 Å². The van der Waals surface area contributed by atoms with E-state index in [-0.39, 0.29) is 6.61 Å². The van der Waals surface area contributed by atoms with Gasteiger partial charge in [-0.3, -0.25) is 0 Å². The van der Waals surface area contributed by atoms with Crippen molar-refractivity contribution in [2.75, 3.05) is 0 Å². The fourth-order valence-electron chi connectivity index (χ4n) is 0.331. The van der Waals surface area contributed by atoms with Gasteiger partial charge in [-0.1, -0.05) is 0 Å². The van der Waals surface area contributed by atoms with E-state index in [0.717, 1.165) is 4.57 Å². The van der Waals surface area contributed by atoms with Gasteiger partial charge >= 0.3 is 46.9 Å². The van der Waals surface area contributed by atoms with Crippen molar-refractivity contribution in [3.8, 4) is 0 Å². The number of nitrogens with zero attached hydrogens (tertiary/aromatic N) is 1. The number of hydrogen-bond donors (Lipinski definition) is 1. The van der Waals surface area contributed by atoms with Crippen LogP contribution in [0.1, 0.15) is 4.57 Å². The summed E-state index contributed by atoms with van der Waals surface area (Å²) in [7, 11) is 0. The van der Waals surface area contributed by atoms with Crippen molar-refractivity contribution in [2.24, 2.45) is 0 Å². The SMILES string of the molecule is OCc1ncc[se]1. The number of rotatable bonds is 1. The maximum atomic E-state index is 8.41. The molecule has 0 spiro atoms. The molecule has 0 unspecified atom stereocenters. The molecule has 0 amide bonds. The third-order valence-corrected chi connectivity index (χ3v) is 2.22. The van der Waals surface area contributed by atoms with Gasteiger partial charge in [0.2, 0.25) is 0 Å². The summed E-state index contributed by atoms with van der Waals surface area (Å²) in [5.74, 6) is 0. The van der Waals surface area contributed by atoms with Crippen molar-refractivity contribution in [2.45, 2.75) is 6.61 Å². The summed E-state index contributed by atoms with van der Waals surface area (Å²) in [6.07, 6.45) is 1.74. The zero-order chi connectivity index (χ0) is 5.11. The summed E-state index contributed by atoms with van der Waals surface area (Å²) in [6, 6.07) is 0. The first kappa shape index (κ1) is 5.03. The van der Waals surface area contributed by atoms with Gasteiger partial charge in [0.05, 0.1) is 0 Å². The van der Waals surface area contributed by atoms with Crippen molar-refractivity contribution >= 4 is 14.5 Å². The third-order valence-electron chi connectivity index (χ3n) is 0.619. The summed E-state index contributed by atoms with van der Waals surface area (Å²) < 4.78 is 0.924. The van der Waals surface area contributed by atoms with E-state index in [1.165, 1.54) is 0 Å². The average Bonchev–Trinajstić information content (AvgIpc) is 2.14. The monoisotopic (exact) mass is 163 g/mol. The predicted octanol–water partition coefficient (Wildman–Crippen LogP) is -0.369. The molecule has 1 N–H and O–H groups in total. The van der Waals surface area contributed by atoms with Gasteiger partial charge in [-0.25, -0.2) is 0 Å². The zero-order valence-corrected chi connectivity index (χ0v) is 5.38. The van der Waals surface area contributed by atoms with Crippen LogP contribution in [0.2, 0.25) is 0 Å². The topological polar surface area (TPSA) is 33.1 Å². The molecule has 1 heterocycles. The molecule has 0 fully saturated rings. The Bertz CT molecular complexity index is 126. The van der Waals surface area contributed by atoms with Gasteiger partial charge in [0, 0.05) is 0 Å². The van der Waals surface area contributed by atoms with Gasteiger partial charge < -0.3 is 0 Å². The standard InChI is InChI=1S/C4H5NOSe/c6-3-4-5-1-2-7-4/h1-2,6H,3H2. The summed E-state index contributed by atoms with van der Waals surface area (Å²) in [6.45, 7) is 0.132. The summed E-state index contributed by atoms with van der Waals surface area (Å²) in [4.78, 5) is 5.85. The molecule has 0 saturated heterocycles. The quantitative estimate of drug-likeness (QED) is 0.571. The average molecular weight is 162 g/mol. The van der Waals surface area contributed by atoms with Crippen LogP contribution >= 0.6 is 0 Å². The minimum atomic E-state index is 0.132. The summed E-state index contributed by atoms with van der Waals surface area (Å²) in [5.41, 5.74) is 0. The molecule has 3 heteroatoms. The van der Waals surface area contributed by atoms with Crippen molar-refractivity contribution in [1.82, 2.24) is 4.98 Å². The fourth-order valence-corrected chi connectivity index (χ4v) is 1.33. The Morgan fingerprint density at radius 3 is 3.00 bits per heavy atom. The number of hydrogen-bond acceptors (Lipinski definition) is 2. The molecule has 1 aromatic heterocycles. The Hall–Kier alpha value is -0.111. The molecule has 0 aliphatic rings. The van der Waals surface area contributed by atoms with Crippen LogP contribution in [0.5, 0.6) is 0 Å². The van der Waals surface area contributed by atoms with Crippen molar-refractivity contribution in [1.29, 1.82) is 0 Å². The first-order valence-corrected chi connectivity index (χ1v) is 3.77. The van der Waals surface area contributed by atoms with E-state index in [9.17, 15) is 0 Å². The van der Waals surface area contributed by atoms with Crippen molar-refractivity contribution < 1.29 is 5.11 Å². The van der Waals surface area contributed by atoms with E-state index < -0.39 is 0 Å². The number of aliphatic hydroxyl groups excluding tert-OH is 1. The van der Waals surface area contributed by atoms with Crippen LogP contribution in [0.4, 0.5) is 0 Å². The van der Waals surface area contributed by atoms with Crippen LogP contribution < -0.4 is 0 Å². The second kappa shape index (κ2) is 2.26. The van der Waals surface area contributed by atoms with Gasteiger partial charge in [0.15, 0.2) is 0 Å². The molecule has 1 aromatic rings. The maximum absolute atomic E-state index is 8.41.